The summed E-state index contributed by atoms with van der Waals surface area (Å²) in [6.45, 7) is 9.87. The van der Waals surface area contributed by atoms with Crippen LogP contribution in [-0.2, 0) is 9.53 Å². The molecule has 1 N–H and O–H groups in total. The average Bonchev–Trinajstić information content (AvgIpc) is 2.60. The molecule has 3 aliphatic rings. The van der Waals surface area contributed by atoms with E-state index < -0.39 is 11.0 Å². The summed E-state index contributed by atoms with van der Waals surface area (Å²) in [7, 11) is 0. The van der Waals surface area contributed by atoms with Crippen LogP contribution in [0, 0.1) is 23.2 Å². The Hall–Kier alpha value is -1.09. The molecule has 0 radical (unpaired) electrons. The zero-order valence-electron chi connectivity index (χ0n) is 11.8. The fraction of sp³-hybridized carbons (Fsp3) is 0.688. The minimum atomic E-state index is -0.990. The third kappa shape index (κ3) is 1.57. The van der Waals surface area contributed by atoms with Crippen LogP contribution < -0.4 is 0 Å². The minimum Gasteiger partial charge on any atom is -0.494 e. The maximum atomic E-state index is 12.3. The molecule has 0 aromatic heterocycles. The van der Waals surface area contributed by atoms with Gasteiger partial charge in [0.15, 0.2) is 5.78 Å². The van der Waals surface area contributed by atoms with Crippen LogP contribution in [0.2, 0.25) is 0 Å². The molecule has 0 spiro atoms. The first-order valence-corrected chi connectivity index (χ1v) is 7.09. The highest BCUT2D eigenvalue weighted by atomic mass is 16.5. The van der Waals surface area contributed by atoms with Gasteiger partial charge in [-0.05, 0) is 31.9 Å². The number of carbonyl (C=O) groups excluding carboxylic acids is 1. The standard InChI is InChI=1S/C16H22O3/c1-9-10(2)19-13-11(9)5-7-15(3)12(17)6-8-16(4,18)14(13)15/h6,8-9,11,13-14,18H,2,5,7H2,1,3-4H3. The molecule has 3 nitrogen and oxygen atoms in total. The van der Waals surface area contributed by atoms with Crippen LogP contribution in [0.25, 0.3) is 0 Å². The molecule has 1 saturated heterocycles. The molecule has 0 bridgehead atoms. The normalized spacial score (nSPS) is 52.6. The van der Waals surface area contributed by atoms with Crippen LogP contribution in [0.4, 0.5) is 0 Å². The Morgan fingerprint density at radius 3 is 2.84 bits per heavy atom. The Morgan fingerprint density at radius 2 is 2.16 bits per heavy atom. The summed E-state index contributed by atoms with van der Waals surface area (Å²) in [6, 6.07) is 0. The molecule has 1 heterocycles. The smallest absolute Gasteiger partial charge is 0.161 e. The van der Waals surface area contributed by atoms with Gasteiger partial charge in [0.1, 0.15) is 6.10 Å². The Balaban J connectivity index is 2.07. The van der Waals surface area contributed by atoms with Gasteiger partial charge in [-0.3, -0.25) is 4.79 Å². The number of rotatable bonds is 0. The first-order chi connectivity index (χ1) is 8.77. The van der Waals surface area contributed by atoms with E-state index in [1.54, 1.807) is 19.1 Å². The van der Waals surface area contributed by atoms with Gasteiger partial charge < -0.3 is 9.84 Å². The molecular formula is C16H22O3. The van der Waals surface area contributed by atoms with Crippen molar-refractivity contribution in [2.45, 2.75) is 45.3 Å². The van der Waals surface area contributed by atoms with E-state index in [0.29, 0.717) is 11.8 Å². The molecule has 0 amide bonds. The van der Waals surface area contributed by atoms with E-state index in [0.717, 1.165) is 18.6 Å². The Morgan fingerprint density at radius 1 is 1.47 bits per heavy atom. The largest absolute Gasteiger partial charge is 0.494 e. The molecular weight excluding hydrogens is 240 g/mol. The summed E-state index contributed by atoms with van der Waals surface area (Å²) in [6.07, 6.45) is 4.88. The molecule has 0 aromatic carbocycles. The molecule has 3 heteroatoms. The molecule has 2 aliphatic carbocycles. The third-order valence-corrected chi connectivity index (χ3v) is 5.64. The van der Waals surface area contributed by atoms with Gasteiger partial charge in [0.2, 0.25) is 0 Å². The molecule has 6 unspecified atom stereocenters. The van der Waals surface area contributed by atoms with E-state index in [-0.39, 0.29) is 17.8 Å². The number of ether oxygens (including phenoxy) is 1. The van der Waals surface area contributed by atoms with Gasteiger partial charge in [-0.25, -0.2) is 0 Å². The van der Waals surface area contributed by atoms with Crippen LogP contribution in [0.3, 0.4) is 0 Å². The predicted molar refractivity (Wildman–Crippen MR) is 72.3 cm³/mol. The van der Waals surface area contributed by atoms with Gasteiger partial charge in [0.25, 0.3) is 0 Å². The highest BCUT2D eigenvalue weighted by molar-refractivity contribution is 5.96. The number of aliphatic hydroxyl groups is 1. The highest BCUT2D eigenvalue weighted by Crippen LogP contribution is 2.57. The summed E-state index contributed by atoms with van der Waals surface area (Å²) >= 11 is 0. The van der Waals surface area contributed by atoms with Crippen LogP contribution >= 0.6 is 0 Å². The SMILES string of the molecule is C=C1OC2C(CCC3(C)C(=O)C=CC(C)(O)C23)C1C. The topological polar surface area (TPSA) is 46.5 Å². The summed E-state index contributed by atoms with van der Waals surface area (Å²) in [5.41, 5.74) is -1.50. The van der Waals surface area contributed by atoms with E-state index in [4.69, 9.17) is 4.74 Å². The number of allylic oxidation sites excluding steroid dienone is 2. The van der Waals surface area contributed by atoms with Gasteiger partial charge >= 0.3 is 0 Å². The monoisotopic (exact) mass is 262 g/mol. The molecule has 1 saturated carbocycles. The first-order valence-electron chi connectivity index (χ1n) is 7.09. The number of hydrogen-bond donors (Lipinski definition) is 1. The van der Waals surface area contributed by atoms with E-state index in [1.807, 2.05) is 6.92 Å². The molecule has 19 heavy (non-hydrogen) atoms. The number of hydrogen-bond acceptors (Lipinski definition) is 3. The first kappa shape index (κ1) is 12.9. The van der Waals surface area contributed by atoms with Crippen LogP contribution in [-0.4, -0.2) is 22.6 Å². The lowest BCUT2D eigenvalue weighted by molar-refractivity contribution is -0.156. The Bertz CT molecular complexity index is 476. The number of carbonyl (C=O) groups is 1. The van der Waals surface area contributed by atoms with Crippen molar-refractivity contribution in [1.82, 2.24) is 0 Å². The summed E-state index contributed by atoms with van der Waals surface area (Å²) in [5, 5.41) is 10.7. The Kier molecular flexibility index (Phi) is 2.53. The molecule has 6 atom stereocenters. The number of ketones is 1. The fourth-order valence-electron chi connectivity index (χ4n) is 4.40. The van der Waals surface area contributed by atoms with Crippen molar-refractivity contribution in [1.29, 1.82) is 0 Å². The van der Waals surface area contributed by atoms with E-state index in [9.17, 15) is 9.90 Å². The zero-order chi connectivity index (χ0) is 14.0. The van der Waals surface area contributed by atoms with Crippen molar-refractivity contribution in [2.24, 2.45) is 23.2 Å². The highest BCUT2D eigenvalue weighted by Gasteiger charge is 2.61. The Labute approximate surface area is 114 Å². The lowest BCUT2D eigenvalue weighted by Crippen LogP contribution is -2.59. The summed E-state index contributed by atoms with van der Waals surface area (Å²) < 4.78 is 5.96. The van der Waals surface area contributed by atoms with E-state index >= 15 is 0 Å². The molecule has 104 valence electrons. The van der Waals surface area contributed by atoms with Crippen LogP contribution in [0.15, 0.2) is 24.5 Å². The fourth-order valence-corrected chi connectivity index (χ4v) is 4.40. The second kappa shape index (κ2) is 3.72. The summed E-state index contributed by atoms with van der Waals surface area (Å²) in [4.78, 5) is 12.3. The van der Waals surface area contributed by atoms with Gasteiger partial charge in [-0.15, -0.1) is 0 Å². The summed E-state index contributed by atoms with van der Waals surface area (Å²) in [5.74, 6) is 1.42. The second-order valence-corrected chi connectivity index (χ2v) is 6.86. The van der Waals surface area contributed by atoms with Gasteiger partial charge in [0, 0.05) is 23.2 Å². The van der Waals surface area contributed by atoms with Crippen molar-refractivity contribution in [3.8, 4) is 0 Å². The van der Waals surface area contributed by atoms with Crippen molar-refractivity contribution in [3.63, 3.8) is 0 Å². The van der Waals surface area contributed by atoms with Crippen LogP contribution in [0.5, 0.6) is 0 Å². The molecule has 3 rings (SSSR count). The van der Waals surface area contributed by atoms with Gasteiger partial charge in [0.05, 0.1) is 11.4 Å². The van der Waals surface area contributed by atoms with Gasteiger partial charge in [-0.2, -0.15) is 0 Å². The van der Waals surface area contributed by atoms with Crippen LogP contribution in [0.1, 0.15) is 33.6 Å². The maximum Gasteiger partial charge on any atom is 0.161 e. The van der Waals surface area contributed by atoms with Crippen molar-refractivity contribution >= 4 is 5.78 Å². The zero-order valence-corrected chi connectivity index (χ0v) is 11.8. The lowest BCUT2D eigenvalue weighted by atomic mass is 9.53. The third-order valence-electron chi connectivity index (χ3n) is 5.64. The van der Waals surface area contributed by atoms with E-state index in [2.05, 4.69) is 13.5 Å². The molecule has 1 aliphatic heterocycles. The van der Waals surface area contributed by atoms with Gasteiger partial charge in [-0.1, -0.05) is 20.4 Å². The quantitative estimate of drug-likeness (QED) is 0.729. The lowest BCUT2D eigenvalue weighted by Gasteiger charge is -2.52. The predicted octanol–water partition coefficient (Wildman–Crippen LogP) is 2.46. The molecule has 0 aromatic rings. The average molecular weight is 262 g/mol. The second-order valence-electron chi connectivity index (χ2n) is 6.86. The van der Waals surface area contributed by atoms with E-state index in [1.165, 1.54) is 0 Å². The van der Waals surface area contributed by atoms with Crippen molar-refractivity contribution < 1.29 is 14.6 Å². The number of fused-ring (bicyclic) bond motifs is 3. The minimum absolute atomic E-state index is 0.0925. The van der Waals surface area contributed by atoms with Crippen molar-refractivity contribution in [2.75, 3.05) is 0 Å². The molecule has 2 fully saturated rings. The van der Waals surface area contributed by atoms with Crippen molar-refractivity contribution in [3.05, 3.63) is 24.5 Å². The maximum absolute atomic E-state index is 12.3.